The van der Waals surface area contributed by atoms with Gasteiger partial charge in [-0.25, -0.2) is 0 Å². The topological polar surface area (TPSA) is 116 Å². The molecule has 11 heteroatoms. The summed E-state index contributed by atoms with van der Waals surface area (Å²) in [4.78, 5) is 23.2. The maximum absolute atomic E-state index is 12.0. The van der Waals surface area contributed by atoms with Crippen molar-refractivity contribution in [3.8, 4) is 0 Å². The Morgan fingerprint density at radius 3 is 2.70 bits per heavy atom. The summed E-state index contributed by atoms with van der Waals surface area (Å²) >= 11 is 11.6. The van der Waals surface area contributed by atoms with E-state index in [1.165, 1.54) is 7.05 Å². The molecule has 0 unspecified atom stereocenters. The number of nitro benzene ring substituents is 1. The lowest BCUT2D eigenvalue weighted by molar-refractivity contribution is -0.384. The van der Waals surface area contributed by atoms with Gasteiger partial charge in [-0.1, -0.05) is 28.3 Å². The minimum atomic E-state index is -0.728. The van der Waals surface area contributed by atoms with Crippen LogP contribution in [0.5, 0.6) is 0 Å². The maximum atomic E-state index is 12.0. The van der Waals surface area contributed by atoms with Gasteiger partial charge < -0.3 is 0 Å². The van der Waals surface area contributed by atoms with E-state index in [-0.39, 0.29) is 27.2 Å². The highest BCUT2D eigenvalue weighted by molar-refractivity contribution is 6.44. The van der Waals surface area contributed by atoms with E-state index in [9.17, 15) is 14.9 Å². The van der Waals surface area contributed by atoms with Gasteiger partial charge in [0.2, 0.25) is 0 Å². The van der Waals surface area contributed by atoms with Crippen LogP contribution in [0.3, 0.4) is 0 Å². The molecule has 9 nitrogen and oxygen atoms in total. The van der Waals surface area contributed by atoms with Crippen molar-refractivity contribution in [1.82, 2.24) is 20.2 Å². The van der Waals surface area contributed by atoms with Crippen LogP contribution in [0.2, 0.25) is 10.0 Å². The van der Waals surface area contributed by atoms with E-state index < -0.39 is 10.8 Å². The van der Waals surface area contributed by atoms with E-state index >= 15 is 0 Å². The van der Waals surface area contributed by atoms with Gasteiger partial charge in [0.1, 0.15) is 0 Å². The van der Waals surface area contributed by atoms with Crippen LogP contribution in [0.4, 0.5) is 11.6 Å². The predicted molar refractivity (Wildman–Crippen MR) is 69.9 cm³/mol. The predicted octanol–water partition coefficient (Wildman–Crippen LogP) is 1.68. The smallest absolute Gasteiger partial charge is 0.271 e. The number of nitrogens with one attached hydrogen (secondary N) is 1. The molecule has 1 aromatic carbocycles. The van der Waals surface area contributed by atoms with Crippen LogP contribution >= 0.6 is 23.2 Å². The fraction of sp³-hybridized carbons (Fsp3) is 0.111. The Kier molecular flexibility index (Phi) is 3.81. The third-order valence-electron chi connectivity index (χ3n) is 2.20. The summed E-state index contributed by atoms with van der Waals surface area (Å²) in [5.41, 5.74) is -0.505. The van der Waals surface area contributed by atoms with Crippen molar-refractivity contribution in [1.29, 1.82) is 0 Å². The Morgan fingerprint density at radius 1 is 1.45 bits per heavy atom. The summed E-state index contributed by atoms with van der Waals surface area (Å²) in [6, 6.07) is 2.07. The number of carbonyl (C=O) groups excluding carboxylic acids is 1. The Labute approximate surface area is 121 Å². The number of hydrogen-bond acceptors (Lipinski definition) is 6. The van der Waals surface area contributed by atoms with Crippen LogP contribution in [0.1, 0.15) is 10.4 Å². The number of rotatable bonds is 3. The molecule has 2 aromatic rings. The van der Waals surface area contributed by atoms with Crippen LogP contribution in [0, 0.1) is 10.1 Å². The Bertz CT molecular complexity index is 701. The Balaban J connectivity index is 2.36. The molecule has 0 saturated carbocycles. The quantitative estimate of drug-likeness (QED) is 0.680. The molecule has 0 atom stereocenters. The van der Waals surface area contributed by atoms with E-state index in [1.807, 2.05) is 0 Å². The molecule has 0 aliphatic heterocycles. The number of amides is 1. The standard InChI is InChI=1S/C9H6Cl2N6O3/c1-16-14-9(13-15-16)12-8(18)5-2-4(17(19)20)3-6(10)7(5)11/h2-3H,1H3,(H,12,14,18). The number of nitro groups is 1. The number of aryl methyl sites for hydroxylation is 1. The minimum Gasteiger partial charge on any atom is -0.288 e. The van der Waals surface area contributed by atoms with Gasteiger partial charge >= 0.3 is 0 Å². The van der Waals surface area contributed by atoms with Crippen LogP contribution in [-0.2, 0) is 7.05 Å². The lowest BCUT2D eigenvalue weighted by Gasteiger charge is -2.05. The van der Waals surface area contributed by atoms with Gasteiger partial charge in [-0.05, 0) is 5.21 Å². The van der Waals surface area contributed by atoms with Crippen molar-refractivity contribution in [2.75, 3.05) is 5.32 Å². The molecule has 0 fully saturated rings. The number of non-ortho nitro benzene ring substituents is 1. The first-order valence-corrected chi connectivity index (χ1v) is 5.83. The fourth-order valence-corrected chi connectivity index (χ4v) is 1.76. The molecule has 1 amide bonds. The summed E-state index contributed by atoms with van der Waals surface area (Å²) < 4.78 is 0. The summed E-state index contributed by atoms with van der Waals surface area (Å²) in [6.07, 6.45) is 0. The van der Waals surface area contributed by atoms with E-state index in [4.69, 9.17) is 23.2 Å². The van der Waals surface area contributed by atoms with Gasteiger partial charge in [0.15, 0.2) is 0 Å². The van der Waals surface area contributed by atoms with Crippen molar-refractivity contribution < 1.29 is 9.72 Å². The van der Waals surface area contributed by atoms with Gasteiger partial charge in [0.25, 0.3) is 17.5 Å². The van der Waals surface area contributed by atoms with E-state index in [0.29, 0.717) is 0 Å². The summed E-state index contributed by atoms with van der Waals surface area (Å²) in [7, 11) is 1.51. The van der Waals surface area contributed by atoms with Gasteiger partial charge in [0.05, 0.1) is 27.6 Å². The number of benzene rings is 1. The number of hydrogen-bond donors (Lipinski definition) is 1. The van der Waals surface area contributed by atoms with Gasteiger partial charge in [-0.2, -0.15) is 4.80 Å². The van der Waals surface area contributed by atoms with E-state index in [1.54, 1.807) is 0 Å². The van der Waals surface area contributed by atoms with Crippen LogP contribution in [0.25, 0.3) is 0 Å². The highest BCUT2D eigenvalue weighted by Crippen LogP contribution is 2.31. The first-order chi connectivity index (χ1) is 9.38. The molecule has 0 bridgehead atoms. The molecule has 20 heavy (non-hydrogen) atoms. The molecule has 0 radical (unpaired) electrons. The largest absolute Gasteiger partial charge is 0.288 e. The second-order valence-corrected chi connectivity index (χ2v) is 4.39. The van der Waals surface area contributed by atoms with Gasteiger partial charge in [0, 0.05) is 12.1 Å². The molecule has 1 N–H and O–H groups in total. The highest BCUT2D eigenvalue weighted by atomic mass is 35.5. The van der Waals surface area contributed by atoms with Crippen LogP contribution in [-0.4, -0.2) is 31.0 Å². The summed E-state index contributed by atoms with van der Waals surface area (Å²) in [5.74, 6) is -0.787. The molecule has 0 aliphatic carbocycles. The molecular weight excluding hydrogens is 311 g/mol. The lowest BCUT2D eigenvalue weighted by atomic mass is 10.2. The zero-order chi connectivity index (χ0) is 14.9. The Hall–Kier alpha value is -2.26. The average Bonchev–Trinajstić information content (AvgIpc) is 2.77. The number of tetrazole rings is 1. The van der Waals surface area contributed by atoms with E-state index in [2.05, 4.69) is 20.7 Å². The fourth-order valence-electron chi connectivity index (χ4n) is 1.35. The molecule has 0 aliphatic rings. The summed E-state index contributed by atoms with van der Waals surface area (Å²) in [6.45, 7) is 0. The normalized spacial score (nSPS) is 10.3. The first-order valence-electron chi connectivity index (χ1n) is 5.07. The van der Waals surface area contributed by atoms with Crippen LogP contribution in [0.15, 0.2) is 12.1 Å². The van der Waals surface area contributed by atoms with E-state index in [0.717, 1.165) is 16.9 Å². The second-order valence-electron chi connectivity index (χ2n) is 3.60. The molecule has 1 heterocycles. The SMILES string of the molecule is Cn1nnc(NC(=O)c2cc([N+](=O)[O-])cc(Cl)c2Cl)n1. The van der Waals surface area contributed by atoms with Crippen molar-refractivity contribution in [2.45, 2.75) is 0 Å². The molecule has 0 saturated heterocycles. The maximum Gasteiger partial charge on any atom is 0.271 e. The van der Waals surface area contributed by atoms with Crippen LogP contribution < -0.4 is 5.32 Å². The summed E-state index contributed by atoms with van der Waals surface area (Å²) in [5, 5.41) is 23.7. The number of carbonyl (C=O) groups is 1. The van der Waals surface area contributed by atoms with Gasteiger partial charge in [-0.3, -0.25) is 20.2 Å². The van der Waals surface area contributed by atoms with Crippen molar-refractivity contribution in [2.24, 2.45) is 7.05 Å². The van der Waals surface area contributed by atoms with Crippen molar-refractivity contribution in [3.63, 3.8) is 0 Å². The molecule has 2 rings (SSSR count). The Morgan fingerprint density at radius 2 is 2.15 bits per heavy atom. The third-order valence-corrected chi connectivity index (χ3v) is 3.00. The number of nitrogens with zero attached hydrogens (tertiary/aromatic N) is 5. The van der Waals surface area contributed by atoms with Gasteiger partial charge in [-0.15, -0.1) is 5.10 Å². The average molecular weight is 317 g/mol. The third kappa shape index (κ3) is 2.83. The zero-order valence-corrected chi connectivity index (χ0v) is 11.4. The lowest BCUT2D eigenvalue weighted by Crippen LogP contribution is -2.14. The zero-order valence-electron chi connectivity index (χ0n) is 9.87. The minimum absolute atomic E-state index is 0.0591. The monoisotopic (exact) mass is 316 g/mol. The van der Waals surface area contributed by atoms with Crippen molar-refractivity contribution >= 4 is 40.7 Å². The molecule has 0 spiro atoms. The van der Waals surface area contributed by atoms with Crippen molar-refractivity contribution in [3.05, 3.63) is 37.9 Å². The number of anilines is 1. The molecular formula is C9H6Cl2N6O3. The second kappa shape index (κ2) is 5.39. The highest BCUT2D eigenvalue weighted by Gasteiger charge is 2.20. The first kappa shape index (κ1) is 14.2. The molecule has 104 valence electrons. The number of halogens is 2. The molecule has 1 aromatic heterocycles. The number of aromatic nitrogens is 4.